The molecule has 0 fully saturated rings. The third kappa shape index (κ3) is 4.31. The molecule has 0 rings (SSSR count). The molecule has 2 nitrogen and oxygen atoms in total. The molecule has 0 saturated carbocycles. The van der Waals surface area contributed by atoms with Gasteiger partial charge in [0.15, 0.2) is 8.38 Å². The predicted molar refractivity (Wildman–Crippen MR) is 49.2 cm³/mol. The van der Waals surface area contributed by atoms with Crippen LogP contribution < -0.4 is 0 Å². The van der Waals surface area contributed by atoms with Crippen LogP contribution in [0.5, 0.6) is 0 Å². The molecule has 0 bridgehead atoms. The Bertz CT molecular complexity index is 184. The van der Waals surface area contributed by atoms with Crippen LogP contribution in [0.4, 0.5) is 0 Å². The second-order valence-electron chi connectivity index (χ2n) is 2.90. The van der Waals surface area contributed by atoms with Gasteiger partial charge < -0.3 is 9.79 Å². The molecule has 0 radical (unpaired) electrons. The summed E-state index contributed by atoms with van der Waals surface area (Å²) in [5.41, 5.74) is 2.04. The maximum Gasteiger partial charge on any atom is 0.199 e. The lowest BCUT2D eigenvalue weighted by Gasteiger charge is -2.06. The Hall–Kier alpha value is -0.170. The average Bonchev–Trinajstić information content (AvgIpc) is 1.81. The molecule has 0 aliphatic carbocycles. The van der Waals surface area contributed by atoms with Gasteiger partial charge in [-0.25, -0.2) is 0 Å². The minimum Gasteiger partial charge on any atom is -0.347 e. The van der Waals surface area contributed by atoms with Crippen LogP contribution in [0.1, 0.15) is 27.7 Å². The van der Waals surface area contributed by atoms with E-state index in [0.717, 1.165) is 11.1 Å². The maximum absolute atomic E-state index is 8.95. The standard InChI is InChI=1S/C8H15O2P/c1-6(2)5-8(7(3)4)11(9)10/h5,9-10H,1-4H3. The SMILES string of the molecule is CC(C)=CC(=C(C)C)P(O)O. The van der Waals surface area contributed by atoms with Crippen LogP contribution in [-0.2, 0) is 0 Å². The average molecular weight is 174 g/mol. The van der Waals surface area contributed by atoms with E-state index >= 15 is 0 Å². The van der Waals surface area contributed by atoms with Gasteiger partial charge in [0.05, 0.1) is 0 Å². The van der Waals surface area contributed by atoms with E-state index < -0.39 is 8.38 Å². The van der Waals surface area contributed by atoms with Crippen LogP contribution >= 0.6 is 8.38 Å². The Labute approximate surface area is 69.2 Å². The number of hydrogen-bond acceptors (Lipinski definition) is 2. The summed E-state index contributed by atoms with van der Waals surface area (Å²) in [7, 11) is -1.93. The van der Waals surface area contributed by atoms with Crippen LogP contribution in [0, 0.1) is 0 Å². The second kappa shape index (κ2) is 4.66. The Balaban J connectivity index is 4.66. The molecular weight excluding hydrogens is 159 g/mol. The lowest BCUT2D eigenvalue weighted by atomic mass is 10.2. The van der Waals surface area contributed by atoms with E-state index in [0.29, 0.717) is 5.31 Å². The summed E-state index contributed by atoms with van der Waals surface area (Å²) < 4.78 is 0. The third-order valence-electron chi connectivity index (χ3n) is 1.15. The maximum atomic E-state index is 8.95. The third-order valence-corrected chi connectivity index (χ3v) is 2.16. The molecule has 0 aromatic heterocycles. The second-order valence-corrected chi connectivity index (χ2v) is 3.96. The summed E-state index contributed by atoms with van der Waals surface area (Å²) in [6, 6.07) is 0. The Morgan fingerprint density at radius 1 is 1.09 bits per heavy atom. The van der Waals surface area contributed by atoms with E-state index in [2.05, 4.69) is 0 Å². The minimum absolute atomic E-state index is 0.653. The summed E-state index contributed by atoms with van der Waals surface area (Å²) in [5.74, 6) is 0. The van der Waals surface area contributed by atoms with Crippen molar-refractivity contribution in [1.29, 1.82) is 0 Å². The van der Waals surface area contributed by atoms with Crippen molar-refractivity contribution in [2.45, 2.75) is 27.7 Å². The summed E-state index contributed by atoms with van der Waals surface area (Å²) in [6.45, 7) is 7.61. The molecule has 0 unspecified atom stereocenters. The highest BCUT2D eigenvalue weighted by molar-refractivity contribution is 7.50. The van der Waals surface area contributed by atoms with Gasteiger partial charge in [0.2, 0.25) is 0 Å². The van der Waals surface area contributed by atoms with Gasteiger partial charge in [0.25, 0.3) is 0 Å². The Morgan fingerprint density at radius 2 is 1.55 bits per heavy atom. The van der Waals surface area contributed by atoms with Gasteiger partial charge in [-0.05, 0) is 27.7 Å². The van der Waals surface area contributed by atoms with E-state index in [1.54, 1.807) is 6.08 Å². The highest BCUT2D eigenvalue weighted by Crippen LogP contribution is 2.38. The van der Waals surface area contributed by atoms with E-state index in [1.165, 1.54) is 0 Å². The molecule has 3 heteroatoms. The molecule has 0 aromatic carbocycles. The molecule has 0 heterocycles. The van der Waals surface area contributed by atoms with Crippen LogP contribution in [0.2, 0.25) is 0 Å². The summed E-state index contributed by atoms with van der Waals surface area (Å²) >= 11 is 0. The zero-order valence-electron chi connectivity index (χ0n) is 7.42. The van der Waals surface area contributed by atoms with Crippen molar-refractivity contribution in [3.63, 3.8) is 0 Å². The molecule has 0 spiro atoms. The fraction of sp³-hybridized carbons (Fsp3) is 0.500. The Morgan fingerprint density at radius 3 is 1.64 bits per heavy atom. The normalized spacial score (nSPS) is 9.73. The highest BCUT2D eigenvalue weighted by atomic mass is 31.2. The first-order valence-corrected chi connectivity index (χ1v) is 4.70. The van der Waals surface area contributed by atoms with E-state index in [4.69, 9.17) is 9.79 Å². The fourth-order valence-electron chi connectivity index (χ4n) is 0.676. The molecule has 0 aromatic rings. The first-order chi connectivity index (χ1) is 4.95. The molecule has 11 heavy (non-hydrogen) atoms. The van der Waals surface area contributed by atoms with E-state index in [-0.39, 0.29) is 0 Å². The van der Waals surface area contributed by atoms with Crippen molar-refractivity contribution in [3.8, 4) is 0 Å². The van der Waals surface area contributed by atoms with Crippen molar-refractivity contribution in [3.05, 3.63) is 22.5 Å². The van der Waals surface area contributed by atoms with Gasteiger partial charge in [-0.2, -0.15) is 0 Å². The number of rotatable bonds is 2. The van der Waals surface area contributed by atoms with Crippen LogP contribution in [-0.4, -0.2) is 9.79 Å². The quantitative estimate of drug-likeness (QED) is 0.499. The molecule has 0 saturated heterocycles. The van der Waals surface area contributed by atoms with Crippen LogP contribution in [0.3, 0.4) is 0 Å². The monoisotopic (exact) mass is 174 g/mol. The highest BCUT2D eigenvalue weighted by Gasteiger charge is 2.05. The number of hydrogen-bond donors (Lipinski definition) is 2. The summed E-state index contributed by atoms with van der Waals surface area (Å²) in [6.07, 6.45) is 1.81. The summed E-state index contributed by atoms with van der Waals surface area (Å²) in [5, 5.41) is 0.653. The van der Waals surface area contributed by atoms with E-state index in [9.17, 15) is 0 Å². The largest absolute Gasteiger partial charge is 0.347 e. The molecular formula is C8H15O2P. The van der Waals surface area contributed by atoms with Crippen molar-refractivity contribution < 1.29 is 9.79 Å². The van der Waals surface area contributed by atoms with Gasteiger partial charge in [-0.15, -0.1) is 0 Å². The molecule has 0 aliphatic rings. The van der Waals surface area contributed by atoms with Crippen molar-refractivity contribution in [2.24, 2.45) is 0 Å². The van der Waals surface area contributed by atoms with Crippen molar-refractivity contribution in [2.75, 3.05) is 0 Å². The molecule has 0 amide bonds. The smallest absolute Gasteiger partial charge is 0.199 e. The van der Waals surface area contributed by atoms with Gasteiger partial charge in [-0.3, -0.25) is 0 Å². The van der Waals surface area contributed by atoms with Crippen LogP contribution in [0.15, 0.2) is 22.5 Å². The van der Waals surface area contributed by atoms with E-state index in [1.807, 2.05) is 27.7 Å². The lowest BCUT2D eigenvalue weighted by Crippen LogP contribution is -1.81. The van der Waals surface area contributed by atoms with Crippen molar-refractivity contribution in [1.82, 2.24) is 0 Å². The first kappa shape index (κ1) is 10.8. The summed E-state index contributed by atoms with van der Waals surface area (Å²) in [4.78, 5) is 17.9. The Kier molecular flexibility index (Phi) is 4.58. The van der Waals surface area contributed by atoms with Gasteiger partial charge in [-0.1, -0.05) is 17.2 Å². The zero-order valence-corrected chi connectivity index (χ0v) is 8.31. The van der Waals surface area contributed by atoms with Crippen LogP contribution in [0.25, 0.3) is 0 Å². The number of allylic oxidation sites excluding steroid dienone is 4. The zero-order chi connectivity index (χ0) is 9.02. The van der Waals surface area contributed by atoms with Gasteiger partial charge in [0.1, 0.15) is 0 Å². The van der Waals surface area contributed by atoms with Gasteiger partial charge in [0, 0.05) is 5.31 Å². The predicted octanol–water partition coefficient (Wildman–Crippen LogP) is 2.54. The van der Waals surface area contributed by atoms with Crippen molar-refractivity contribution >= 4 is 8.38 Å². The lowest BCUT2D eigenvalue weighted by molar-refractivity contribution is 0.492. The first-order valence-electron chi connectivity index (χ1n) is 3.45. The molecule has 0 aliphatic heterocycles. The van der Waals surface area contributed by atoms with Gasteiger partial charge >= 0.3 is 0 Å². The topological polar surface area (TPSA) is 40.5 Å². The fourth-order valence-corrected chi connectivity index (χ4v) is 1.45. The molecule has 0 atom stereocenters. The minimum atomic E-state index is -1.93. The molecule has 2 N–H and O–H groups in total. The molecule has 64 valence electrons.